The molecule has 1 saturated carbocycles. The van der Waals surface area contributed by atoms with Gasteiger partial charge in [0.25, 0.3) is 5.91 Å². The van der Waals surface area contributed by atoms with E-state index in [9.17, 15) is 19.5 Å². The number of nitrogens with zero attached hydrogens (tertiary/aromatic N) is 6. The van der Waals surface area contributed by atoms with Gasteiger partial charge in [-0.05, 0) is 114 Å². The molecule has 11 rings (SSSR count). The Morgan fingerprint density at radius 1 is 0.847 bits per heavy atom. The zero-order valence-electron chi connectivity index (χ0n) is 33.4. The zero-order valence-corrected chi connectivity index (χ0v) is 33.4. The summed E-state index contributed by atoms with van der Waals surface area (Å²) in [5.74, 6) is 2.25. The van der Waals surface area contributed by atoms with Crippen LogP contribution in [0.4, 0.5) is 11.6 Å². The molecule has 6 heterocycles. The molecule has 7 aliphatic rings. The number of carbonyl (C=O) groups is 3. The van der Waals surface area contributed by atoms with Crippen LogP contribution in [0.15, 0.2) is 73.1 Å². The van der Waals surface area contributed by atoms with E-state index in [1.165, 1.54) is 42.4 Å². The Hall–Kier alpha value is -5.49. The molecule has 4 fully saturated rings. The first-order chi connectivity index (χ1) is 28.8. The Balaban J connectivity index is 0.687. The van der Waals surface area contributed by atoms with Gasteiger partial charge >= 0.3 is 0 Å². The van der Waals surface area contributed by atoms with Crippen molar-refractivity contribution in [1.29, 1.82) is 0 Å². The fraction of sp³-hybridized carbons (Fsp3) is 0.468. The number of hydrogen-bond acceptors (Lipinski definition) is 10. The number of amides is 3. The lowest BCUT2D eigenvalue weighted by Gasteiger charge is -2.54. The predicted octanol–water partition coefficient (Wildman–Crippen LogP) is 5.38. The maximum Gasteiger partial charge on any atom is 0.255 e. The maximum absolute atomic E-state index is 13.4. The van der Waals surface area contributed by atoms with Crippen molar-refractivity contribution in [2.75, 3.05) is 55.7 Å². The van der Waals surface area contributed by atoms with Crippen molar-refractivity contribution in [3.05, 3.63) is 106 Å². The topological polar surface area (TPSA) is 131 Å². The highest BCUT2D eigenvalue weighted by molar-refractivity contribution is 6.06. The number of carbonyl (C=O) groups excluding carboxylic acids is 3. The van der Waals surface area contributed by atoms with E-state index in [1.807, 2.05) is 18.2 Å². The summed E-state index contributed by atoms with van der Waals surface area (Å²) in [4.78, 5) is 56.7. The van der Waals surface area contributed by atoms with E-state index >= 15 is 0 Å². The summed E-state index contributed by atoms with van der Waals surface area (Å²) in [6, 6.07) is 20.2. The van der Waals surface area contributed by atoms with Crippen LogP contribution in [0, 0.1) is 11.3 Å². The molecule has 0 radical (unpaired) electrons. The average Bonchev–Trinajstić information content (AvgIpc) is 3.56. The number of phenolic OH excluding ortho intramolecular Hbond substituents is 1. The van der Waals surface area contributed by atoms with Crippen molar-refractivity contribution in [3.8, 4) is 11.5 Å². The first-order valence-electron chi connectivity index (χ1n) is 21.6. The molecular formula is C47H51N7O5. The van der Waals surface area contributed by atoms with E-state index < -0.39 is 6.04 Å². The van der Waals surface area contributed by atoms with Crippen molar-refractivity contribution in [1.82, 2.24) is 25.1 Å². The Morgan fingerprint density at radius 3 is 2.46 bits per heavy atom. The lowest BCUT2D eigenvalue weighted by atomic mass is 9.57. The number of anilines is 2. The predicted molar refractivity (Wildman–Crippen MR) is 222 cm³/mol. The largest absolute Gasteiger partial charge is 0.508 e. The van der Waals surface area contributed by atoms with Crippen LogP contribution in [-0.4, -0.2) is 101 Å². The van der Waals surface area contributed by atoms with Gasteiger partial charge in [-0.15, -0.1) is 0 Å². The summed E-state index contributed by atoms with van der Waals surface area (Å²) in [7, 11) is 0. The minimum atomic E-state index is -0.621. The second kappa shape index (κ2) is 14.4. The lowest BCUT2D eigenvalue weighted by molar-refractivity contribution is -0.136. The number of aryl methyl sites for hydroxylation is 1. The minimum absolute atomic E-state index is 0.143. The van der Waals surface area contributed by atoms with Crippen molar-refractivity contribution in [3.63, 3.8) is 0 Å². The third-order valence-corrected chi connectivity index (χ3v) is 14.8. The molecule has 5 aliphatic heterocycles. The number of fused-ring (bicyclic) bond motifs is 5. The quantitative estimate of drug-likeness (QED) is 0.246. The molecule has 3 amide bonds. The summed E-state index contributed by atoms with van der Waals surface area (Å²) in [6.45, 7) is 6.94. The summed E-state index contributed by atoms with van der Waals surface area (Å²) < 4.78 is 6.30. The number of hydrogen-bond donors (Lipinski definition) is 2. The maximum atomic E-state index is 13.4. The van der Waals surface area contributed by atoms with E-state index in [1.54, 1.807) is 4.90 Å². The van der Waals surface area contributed by atoms with Gasteiger partial charge < -0.3 is 24.5 Å². The van der Waals surface area contributed by atoms with Gasteiger partial charge in [0.1, 0.15) is 24.1 Å². The third kappa shape index (κ3) is 6.50. The second-order valence-corrected chi connectivity index (χ2v) is 18.3. The molecule has 12 heteroatoms. The van der Waals surface area contributed by atoms with Gasteiger partial charge in [0.05, 0.1) is 11.7 Å². The van der Waals surface area contributed by atoms with E-state index in [4.69, 9.17) is 14.7 Å². The van der Waals surface area contributed by atoms with Crippen molar-refractivity contribution in [2.24, 2.45) is 11.3 Å². The summed E-state index contributed by atoms with van der Waals surface area (Å²) >= 11 is 0. The summed E-state index contributed by atoms with van der Waals surface area (Å²) in [6.07, 6.45) is 11.6. The standard InChI is InChI=1S/C47H51N7O5/c55-35-7-9-37-31(18-35)6-8-36(30-4-2-1-3-5-30)43(37)33-23-48-46(49-24-33)52-14-12-47(13-15-52)21-29(22-47)25-51-16-17-53-34(27-51)28-59-41-20-38-32(19-40(41)53)26-54(45(38)58)39-10-11-42(56)50-44(39)57/h1-5,7,9,18-20,23-24,29,34,36,39,43,55H,6,8,10-17,21-22,25-28H2,(H,50,56,57)/t34-,36-,39-,43+/m0/s1. The van der Waals surface area contributed by atoms with Gasteiger partial charge in [0, 0.05) is 76.1 Å². The molecule has 59 heavy (non-hydrogen) atoms. The fourth-order valence-corrected chi connectivity index (χ4v) is 11.8. The van der Waals surface area contributed by atoms with Crippen LogP contribution in [0.25, 0.3) is 0 Å². The summed E-state index contributed by atoms with van der Waals surface area (Å²) in [5.41, 5.74) is 7.94. The number of benzene rings is 3. The number of imide groups is 1. The number of ether oxygens (including phenoxy) is 1. The van der Waals surface area contributed by atoms with Gasteiger partial charge in [-0.3, -0.25) is 24.6 Å². The van der Waals surface area contributed by atoms with Crippen LogP contribution in [0.5, 0.6) is 11.5 Å². The van der Waals surface area contributed by atoms with Crippen molar-refractivity contribution < 1.29 is 24.2 Å². The van der Waals surface area contributed by atoms with Crippen molar-refractivity contribution >= 4 is 29.4 Å². The molecule has 3 saturated heterocycles. The highest BCUT2D eigenvalue weighted by atomic mass is 16.5. The highest BCUT2D eigenvalue weighted by Crippen LogP contribution is 2.53. The molecular weight excluding hydrogens is 743 g/mol. The average molecular weight is 794 g/mol. The first kappa shape index (κ1) is 36.6. The molecule has 1 spiro atoms. The van der Waals surface area contributed by atoms with Crippen LogP contribution in [-0.2, 0) is 22.6 Å². The molecule has 0 bridgehead atoms. The van der Waals surface area contributed by atoms with Gasteiger partial charge in [-0.25, -0.2) is 9.97 Å². The third-order valence-electron chi connectivity index (χ3n) is 14.8. The van der Waals surface area contributed by atoms with E-state index in [2.05, 4.69) is 74.9 Å². The SMILES string of the molecule is O=C1CC[C@H](N2Cc3cc4c(cc3C2=O)OC[C@@H]2CN(CC3CC5(CCN(c6ncc([C@H]7c8ccc(O)cc8CC[C@H]7c7ccccc7)cn6)CC5)C3)CCN42)C(=O)N1. The summed E-state index contributed by atoms with van der Waals surface area (Å²) in [5, 5.41) is 12.6. The van der Waals surface area contributed by atoms with Crippen LogP contribution < -0.4 is 19.9 Å². The number of piperazine rings is 1. The highest BCUT2D eigenvalue weighted by Gasteiger charge is 2.47. The molecule has 4 aromatic rings. The smallest absolute Gasteiger partial charge is 0.255 e. The Bertz CT molecular complexity index is 2300. The van der Waals surface area contributed by atoms with E-state index in [0.717, 1.165) is 80.6 Å². The monoisotopic (exact) mass is 793 g/mol. The van der Waals surface area contributed by atoms with E-state index in [0.29, 0.717) is 48.1 Å². The van der Waals surface area contributed by atoms with Crippen LogP contribution >= 0.6 is 0 Å². The second-order valence-electron chi connectivity index (χ2n) is 18.3. The number of piperidine rings is 2. The number of nitrogens with one attached hydrogen (secondary N) is 1. The number of rotatable bonds is 6. The Kier molecular flexibility index (Phi) is 8.90. The fourth-order valence-electron chi connectivity index (χ4n) is 11.8. The molecule has 0 unspecified atom stereocenters. The van der Waals surface area contributed by atoms with Crippen LogP contribution in [0.1, 0.15) is 95.0 Å². The molecule has 304 valence electrons. The Morgan fingerprint density at radius 2 is 1.66 bits per heavy atom. The number of aromatic nitrogens is 2. The Labute approximate surface area is 344 Å². The van der Waals surface area contributed by atoms with Crippen molar-refractivity contribution in [2.45, 2.75) is 81.8 Å². The van der Waals surface area contributed by atoms with E-state index in [-0.39, 0.29) is 36.1 Å². The van der Waals surface area contributed by atoms with Gasteiger partial charge in [-0.2, -0.15) is 0 Å². The number of phenols is 1. The van der Waals surface area contributed by atoms with Gasteiger partial charge in [0.15, 0.2) is 0 Å². The van der Waals surface area contributed by atoms with Crippen LogP contribution in [0.3, 0.4) is 0 Å². The lowest BCUT2D eigenvalue weighted by Crippen LogP contribution is -2.59. The molecule has 3 aromatic carbocycles. The molecule has 12 nitrogen and oxygen atoms in total. The number of aromatic hydroxyl groups is 1. The zero-order chi connectivity index (χ0) is 39.8. The van der Waals surface area contributed by atoms with Gasteiger partial charge in [-0.1, -0.05) is 36.4 Å². The molecule has 2 N–H and O–H groups in total. The normalized spacial score (nSPS) is 26.4. The van der Waals surface area contributed by atoms with Crippen LogP contribution in [0.2, 0.25) is 0 Å². The molecule has 4 atom stereocenters. The van der Waals surface area contributed by atoms with Gasteiger partial charge in [0.2, 0.25) is 17.8 Å². The first-order valence-corrected chi connectivity index (χ1v) is 21.6. The molecule has 1 aromatic heterocycles. The molecule has 2 aliphatic carbocycles. The minimum Gasteiger partial charge on any atom is -0.508 e.